The second-order valence-electron chi connectivity index (χ2n) is 9.64. The molecule has 6 aromatic carbocycles. The molecule has 0 aliphatic carbocycles. The van der Waals surface area contributed by atoms with Crippen LogP contribution in [0.25, 0.3) is 33.4 Å². The van der Waals surface area contributed by atoms with Crippen molar-refractivity contribution < 1.29 is 0 Å². The number of nitrogens with one attached hydrogen (secondary N) is 2. The summed E-state index contributed by atoms with van der Waals surface area (Å²) in [5.41, 5.74) is 11.9. The summed E-state index contributed by atoms with van der Waals surface area (Å²) in [5, 5.41) is 7.04. The predicted octanol–water partition coefficient (Wildman–Crippen LogP) is 10.0. The Morgan fingerprint density at radius 3 is 1.05 bits per heavy atom. The second-order valence-corrected chi connectivity index (χ2v) is 9.64. The van der Waals surface area contributed by atoms with Gasteiger partial charge in [0.1, 0.15) is 0 Å². The van der Waals surface area contributed by atoms with Gasteiger partial charge in [0, 0.05) is 23.6 Å². The third kappa shape index (κ3) is 6.08. The van der Waals surface area contributed by atoms with Crippen LogP contribution in [-0.4, -0.2) is 0 Å². The molecule has 6 rings (SSSR count). The number of hydrogen-bond donors (Lipinski definition) is 2. The smallest absolute Gasteiger partial charge is 0.0400 e. The normalized spacial score (nSPS) is 10.7. The standard InChI is InChI=1S/C37H30N2/c1-3-7-29(8-4-1)32-15-21-35(22-16-32)38-27-28-11-13-31(14-12-28)34-19-25-37(26-20-34)39-36-23-17-33(18-24-36)30-9-5-2-6-10-30/h1-26,38-39H,27H2. The predicted molar refractivity (Wildman–Crippen MR) is 166 cm³/mol. The summed E-state index contributed by atoms with van der Waals surface area (Å²) in [5.74, 6) is 0. The van der Waals surface area contributed by atoms with E-state index in [1.807, 2.05) is 12.1 Å². The van der Waals surface area contributed by atoms with Gasteiger partial charge in [-0.1, -0.05) is 121 Å². The highest BCUT2D eigenvalue weighted by Crippen LogP contribution is 2.26. The van der Waals surface area contributed by atoms with Crippen molar-refractivity contribution >= 4 is 17.1 Å². The summed E-state index contributed by atoms with van der Waals surface area (Å²) >= 11 is 0. The van der Waals surface area contributed by atoms with E-state index in [0.29, 0.717) is 0 Å². The van der Waals surface area contributed by atoms with Gasteiger partial charge in [-0.15, -0.1) is 0 Å². The van der Waals surface area contributed by atoms with Crippen LogP contribution in [0, 0.1) is 0 Å². The lowest BCUT2D eigenvalue weighted by Gasteiger charge is -2.10. The molecular weight excluding hydrogens is 472 g/mol. The lowest BCUT2D eigenvalue weighted by atomic mass is 10.0. The van der Waals surface area contributed by atoms with Crippen LogP contribution in [0.15, 0.2) is 158 Å². The van der Waals surface area contributed by atoms with Gasteiger partial charge in [-0.2, -0.15) is 0 Å². The van der Waals surface area contributed by atoms with Crippen LogP contribution in [0.2, 0.25) is 0 Å². The zero-order valence-corrected chi connectivity index (χ0v) is 21.7. The summed E-state index contributed by atoms with van der Waals surface area (Å²) < 4.78 is 0. The molecule has 2 N–H and O–H groups in total. The molecule has 6 aromatic rings. The Balaban J connectivity index is 1.04. The Bertz CT molecular complexity index is 1600. The second kappa shape index (κ2) is 11.5. The Morgan fingerprint density at radius 1 is 0.308 bits per heavy atom. The molecular formula is C37H30N2. The van der Waals surface area contributed by atoms with Crippen LogP contribution in [0.4, 0.5) is 17.1 Å². The van der Waals surface area contributed by atoms with Gasteiger partial charge < -0.3 is 10.6 Å². The topological polar surface area (TPSA) is 24.1 Å². The first-order valence-electron chi connectivity index (χ1n) is 13.3. The quantitative estimate of drug-likeness (QED) is 0.216. The number of benzene rings is 6. The zero-order chi connectivity index (χ0) is 26.3. The molecule has 0 saturated heterocycles. The first-order valence-corrected chi connectivity index (χ1v) is 13.3. The van der Waals surface area contributed by atoms with Gasteiger partial charge in [0.15, 0.2) is 0 Å². The average molecular weight is 503 g/mol. The average Bonchev–Trinajstić information content (AvgIpc) is 3.02. The van der Waals surface area contributed by atoms with Crippen molar-refractivity contribution in [3.05, 3.63) is 163 Å². The van der Waals surface area contributed by atoms with E-state index in [1.165, 1.54) is 38.9 Å². The van der Waals surface area contributed by atoms with Crippen LogP contribution in [0.5, 0.6) is 0 Å². The minimum absolute atomic E-state index is 0.789. The molecule has 0 heterocycles. The van der Waals surface area contributed by atoms with E-state index in [0.717, 1.165) is 23.6 Å². The van der Waals surface area contributed by atoms with Crippen molar-refractivity contribution in [2.24, 2.45) is 0 Å². The first kappa shape index (κ1) is 24.3. The highest BCUT2D eigenvalue weighted by Gasteiger charge is 2.02. The van der Waals surface area contributed by atoms with Gasteiger partial charge in [-0.3, -0.25) is 0 Å². The van der Waals surface area contributed by atoms with Gasteiger partial charge in [0.05, 0.1) is 0 Å². The maximum atomic E-state index is 3.53. The van der Waals surface area contributed by atoms with Crippen molar-refractivity contribution in [3.63, 3.8) is 0 Å². The van der Waals surface area contributed by atoms with Crippen LogP contribution in [0.3, 0.4) is 0 Å². The van der Waals surface area contributed by atoms with E-state index in [1.54, 1.807) is 0 Å². The molecule has 0 amide bonds. The summed E-state index contributed by atoms with van der Waals surface area (Å²) in [6.45, 7) is 0.789. The van der Waals surface area contributed by atoms with E-state index in [2.05, 4.69) is 156 Å². The molecule has 2 nitrogen and oxygen atoms in total. The summed E-state index contributed by atoms with van der Waals surface area (Å²) in [6.07, 6.45) is 0. The number of anilines is 3. The third-order valence-electron chi connectivity index (χ3n) is 6.94. The minimum atomic E-state index is 0.789. The van der Waals surface area contributed by atoms with Gasteiger partial charge in [-0.25, -0.2) is 0 Å². The molecule has 0 unspecified atom stereocenters. The SMILES string of the molecule is c1ccc(-c2ccc(NCc3ccc(-c4ccc(Nc5ccc(-c6ccccc6)cc5)cc4)cc3)cc2)cc1. The molecule has 0 bridgehead atoms. The maximum Gasteiger partial charge on any atom is 0.0400 e. The van der Waals surface area contributed by atoms with Crippen LogP contribution in [0.1, 0.15) is 5.56 Å². The van der Waals surface area contributed by atoms with Crippen molar-refractivity contribution in [3.8, 4) is 33.4 Å². The highest BCUT2D eigenvalue weighted by molar-refractivity contribution is 5.71. The molecule has 0 spiro atoms. The minimum Gasteiger partial charge on any atom is -0.381 e. The fourth-order valence-electron chi connectivity index (χ4n) is 4.72. The summed E-state index contributed by atoms with van der Waals surface area (Å²) in [6, 6.07) is 55.5. The summed E-state index contributed by atoms with van der Waals surface area (Å²) in [7, 11) is 0. The van der Waals surface area contributed by atoms with Gasteiger partial charge in [0.2, 0.25) is 0 Å². The Kier molecular flexibility index (Phi) is 7.18. The summed E-state index contributed by atoms with van der Waals surface area (Å²) in [4.78, 5) is 0. The first-order chi connectivity index (χ1) is 19.3. The Hall–Kier alpha value is -5.08. The van der Waals surface area contributed by atoms with E-state index < -0.39 is 0 Å². The molecule has 0 saturated carbocycles. The largest absolute Gasteiger partial charge is 0.381 e. The van der Waals surface area contributed by atoms with Gasteiger partial charge >= 0.3 is 0 Å². The molecule has 0 fully saturated rings. The van der Waals surface area contributed by atoms with Crippen molar-refractivity contribution in [2.45, 2.75) is 6.54 Å². The van der Waals surface area contributed by atoms with Gasteiger partial charge in [0.25, 0.3) is 0 Å². The van der Waals surface area contributed by atoms with E-state index in [4.69, 9.17) is 0 Å². The molecule has 0 atom stereocenters. The monoisotopic (exact) mass is 502 g/mol. The molecule has 0 aliphatic rings. The van der Waals surface area contributed by atoms with Crippen molar-refractivity contribution in [2.75, 3.05) is 10.6 Å². The maximum absolute atomic E-state index is 3.53. The van der Waals surface area contributed by atoms with Crippen LogP contribution < -0.4 is 10.6 Å². The fraction of sp³-hybridized carbons (Fsp3) is 0.0270. The molecule has 2 heteroatoms. The van der Waals surface area contributed by atoms with E-state index >= 15 is 0 Å². The molecule has 0 radical (unpaired) electrons. The van der Waals surface area contributed by atoms with Crippen molar-refractivity contribution in [1.29, 1.82) is 0 Å². The fourth-order valence-corrected chi connectivity index (χ4v) is 4.72. The van der Waals surface area contributed by atoms with E-state index in [9.17, 15) is 0 Å². The molecule has 39 heavy (non-hydrogen) atoms. The van der Waals surface area contributed by atoms with Crippen LogP contribution >= 0.6 is 0 Å². The Morgan fingerprint density at radius 2 is 0.641 bits per heavy atom. The van der Waals surface area contributed by atoms with Crippen LogP contribution in [-0.2, 0) is 6.54 Å². The zero-order valence-electron chi connectivity index (χ0n) is 21.7. The lowest BCUT2D eigenvalue weighted by Crippen LogP contribution is -1.99. The molecule has 0 aliphatic heterocycles. The van der Waals surface area contributed by atoms with E-state index in [-0.39, 0.29) is 0 Å². The van der Waals surface area contributed by atoms with Gasteiger partial charge in [-0.05, 0) is 75.3 Å². The third-order valence-corrected chi connectivity index (χ3v) is 6.94. The van der Waals surface area contributed by atoms with Crippen molar-refractivity contribution in [1.82, 2.24) is 0 Å². The number of hydrogen-bond acceptors (Lipinski definition) is 2. The lowest BCUT2D eigenvalue weighted by molar-refractivity contribution is 1.15. The molecule has 0 aromatic heterocycles. The number of rotatable bonds is 8. The Labute approximate surface area is 230 Å². The highest BCUT2D eigenvalue weighted by atomic mass is 14.9. The molecule has 188 valence electrons.